The monoisotopic (exact) mass is 299 g/mol. The third-order valence-corrected chi connectivity index (χ3v) is 4.31. The number of carbonyl (C=O) groups excluding carboxylic acids is 1. The summed E-state index contributed by atoms with van der Waals surface area (Å²) in [4.78, 5) is 29.0. The molecule has 120 valence electrons. The molecule has 2 atom stereocenters. The van der Waals surface area contributed by atoms with Crippen molar-refractivity contribution in [2.75, 3.05) is 32.7 Å². The van der Waals surface area contributed by atoms with Crippen LogP contribution in [-0.2, 0) is 4.79 Å². The minimum absolute atomic E-state index is 0.0720. The van der Waals surface area contributed by atoms with E-state index in [0.717, 1.165) is 13.1 Å². The quantitative estimate of drug-likeness (QED) is 0.714. The molecule has 0 spiro atoms. The Bertz CT molecular complexity index is 413. The summed E-state index contributed by atoms with van der Waals surface area (Å²) in [7, 11) is 0. The number of aliphatic carboxylic acids is 1. The highest BCUT2D eigenvalue weighted by Gasteiger charge is 2.41. The molecule has 0 unspecified atom stereocenters. The zero-order valence-electron chi connectivity index (χ0n) is 12.9. The van der Waals surface area contributed by atoms with Crippen LogP contribution in [0.5, 0.6) is 0 Å². The highest BCUT2D eigenvalue weighted by atomic mass is 16.4. The maximum absolute atomic E-state index is 12.5. The molecule has 21 heavy (non-hydrogen) atoms. The van der Waals surface area contributed by atoms with Crippen molar-refractivity contribution in [3.63, 3.8) is 0 Å². The number of carbonyl (C=O) groups is 2. The van der Waals surface area contributed by atoms with Crippen molar-refractivity contribution < 1.29 is 19.8 Å². The number of amides is 2. The maximum atomic E-state index is 12.5. The number of hydrogen-bond donors (Lipinski definition) is 2. The molecule has 2 rings (SSSR count). The molecule has 2 aliphatic heterocycles. The van der Waals surface area contributed by atoms with E-state index in [0.29, 0.717) is 13.1 Å². The van der Waals surface area contributed by atoms with Gasteiger partial charge in [-0.15, -0.1) is 0 Å². The molecule has 2 aliphatic rings. The van der Waals surface area contributed by atoms with Crippen LogP contribution in [0.1, 0.15) is 27.2 Å². The second-order valence-corrected chi connectivity index (χ2v) is 6.82. The molecule has 2 fully saturated rings. The lowest BCUT2D eigenvalue weighted by Gasteiger charge is -2.43. The summed E-state index contributed by atoms with van der Waals surface area (Å²) in [6.07, 6.45) is -0.630. The van der Waals surface area contributed by atoms with Crippen molar-refractivity contribution in [2.45, 2.75) is 44.9 Å². The predicted octanol–water partition coefficient (Wildman–Crippen LogP) is 0.0423. The second kappa shape index (κ2) is 5.81. The van der Waals surface area contributed by atoms with Crippen molar-refractivity contribution in [2.24, 2.45) is 0 Å². The minimum Gasteiger partial charge on any atom is -0.480 e. The van der Waals surface area contributed by atoms with Gasteiger partial charge < -0.3 is 20.0 Å². The van der Waals surface area contributed by atoms with Gasteiger partial charge in [-0.3, -0.25) is 4.90 Å². The Balaban J connectivity index is 1.97. The van der Waals surface area contributed by atoms with E-state index in [4.69, 9.17) is 5.11 Å². The highest BCUT2D eigenvalue weighted by Crippen LogP contribution is 2.22. The second-order valence-electron chi connectivity index (χ2n) is 6.82. The number of carboxylic acids is 1. The van der Waals surface area contributed by atoms with Crippen LogP contribution >= 0.6 is 0 Å². The average molecular weight is 299 g/mol. The zero-order valence-corrected chi connectivity index (χ0v) is 12.9. The highest BCUT2D eigenvalue weighted by molar-refractivity contribution is 5.83. The lowest BCUT2D eigenvalue weighted by Crippen LogP contribution is -2.58. The Kier molecular flexibility index (Phi) is 4.43. The van der Waals surface area contributed by atoms with E-state index in [1.165, 1.54) is 4.90 Å². The van der Waals surface area contributed by atoms with E-state index < -0.39 is 18.1 Å². The number of likely N-dealkylation sites (tertiary alicyclic amines) is 1. The number of aliphatic hydroxyl groups is 1. The van der Waals surface area contributed by atoms with E-state index in [1.807, 2.05) is 0 Å². The van der Waals surface area contributed by atoms with E-state index in [2.05, 4.69) is 25.7 Å². The van der Waals surface area contributed by atoms with Crippen molar-refractivity contribution >= 4 is 12.0 Å². The summed E-state index contributed by atoms with van der Waals surface area (Å²) < 4.78 is 0. The molecule has 7 heteroatoms. The third-order valence-electron chi connectivity index (χ3n) is 4.31. The van der Waals surface area contributed by atoms with E-state index in [-0.39, 0.29) is 24.5 Å². The molecule has 0 aliphatic carbocycles. The normalized spacial score (nSPS) is 28.0. The van der Waals surface area contributed by atoms with Gasteiger partial charge in [-0.25, -0.2) is 9.59 Å². The minimum atomic E-state index is -1.05. The predicted molar refractivity (Wildman–Crippen MR) is 77.0 cm³/mol. The molecule has 2 saturated heterocycles. The molecule has 0 saturated carbocycles. The summed E-state index contributed by atoms with van der Waals surface area (Å²) in [5, 5.41) is 18.8. The standard InChI is InChI=1S/C14H25N3O4/c1-14(2,3)16-6-4-15(5-7-16)13(21)17-9-10(18)8-11(17)12(19)20/h10-11,18H,4-9H2,1-3H3,(H,19,20)/t10-,11-/m0/s1. The van der Waals surface area contributed by atoms with Gasteiger partial charge in [0.15, 0.2) is 0 Å². The number of nitrogens with zero attached hydrogens (tertiary/aromatic N) is 3. The number of piperazine rings is 1. The lowest BCUT2D eigenvalue weighted by atomic mass is 10.1. The van der Waals surface area contributed by atoms with E-state index >= 15 is 0 Å². The van der Waals surface area contributed by atoms with Crippen molar-refractivity contribution in [1.82, 2.24) is 14.7 Å². The molecule has 0 aromatic rings. The Labute approximate surface area is 125 Å². The number of aliphatic hydroxyl groups excluding tert-OH is 1. The van der Waals surface area contributed by atoms with Crippen LogP contribution in [0, 0.1) is 0 Å². The number of β-amino-alcohol motifs (C(OH)–C–C–N with tert-alkyl or cyclic N) is 1. The topological polar surface area (TPSA) is 84.3 Å². The first-order valence-corrected chi connectivity index (χ1v) is 7.41. The fraction of sp³-hybridized carbons (Fsp3) is 0.857. The molecular weight excluding hydrogens is 274 g/mol. The first-order chi connectivity index (χ1) is 9.70. The molecular formula is C14H25N3O4. The van der Waals surface area contributed by atoms with Gasteiger partial charge in [0, 0.05) is 44.7 Å². The molecule has 2 amide bonds. The number of rotatable bonds is 1. The van der Waals surface area contributed by atoms with Gasteiger partial charge in [0.25, 0.3) is 0 Å². The smallest absolute Gasteiger partial charge is 0.326 e. The molecule has 0 aromatic carbocycles. The van der Waals surface area contributed by atoms with Crippen LogP contribution in [0.15, 0.2) is 0 Å². The van der Waals surface area contributed by atoms with Gasteiger partial charge in [-0.1, -0.05) is 0 Å². The molecule has 0 bridgehead atoms. The Morgan fingerprint density at radius 3 is 2.14 bits per heavy atom. The zero-order chi connectivity index (χ0) is 15.8. The Hall–Kier alpha value is -1.34. The molecule has 7 nitrogen and oxygen atoms in total. The van der Waals surface area contributed by atoms with E-state index in [9.17, 15) is 14.7 Å². The van der Waals surface area contributed by atoms with Crippen LogP contribution in [-0.4, -0.2) is 87.3 Å². The number of carboxylic acid groups (broad SMARTS) is 1. The van der Waals surface area contributed by atoms with Crippen LogP contribution in [0.2, 0.25) is 0 Å². The summed E-state index contributed by atoms with van der Waals surface area (Å²) in [6, 6.07) is -1.18. The van der Waals surface area contributed by atoms with Gasteiger partial charge in [-0.05, 0) is 20.8 Å². The first kappa shape index (κ1) is 16.0. The molecule has 2 heterocycles. The summed E-state index contributed by atoms with van der Waals surface area (Å²) in [5.74, 6) is -1.05. The summed E-state index contributed by atoms with van der Waals surface area (Å²) in [5.41, 5.74) is 0.0720. The number of hydrogen-bond acceptors (Lipinski definition) is 4. The lowest BCUT2D eigenvalue weighted by molar-refractivity contribution is -0.141. The van der Waals surface area contributed by atoms with Crippen LogP contribution in [0.25, 0.3) is 0 Å². The first-order valence-electron chi connectivity index (χ1n) is 7.41. The molecule has 2 N–H and O–H groups in total. The fourth-order valence-corrected chi connectivity index (χ4v) is 3.01. The van der Waals surface area contributed by atoms with Crippen LogP contribution < -0.4 is 0 Å². The summed E-state index contributed by atoms with van der Waals surface area (Å²) in [6.45, 7) is 9.28. The van der Waals surface area contributed by atoms with Crippen molar-refractivity contribution in [3.05, 3.63) is 0 Å². The molecule has 0 aromatic heterocycles. The van der Waals surface area contributed by atoms with Crippen molar-refractivity contribution in [3.8, 4) is 0 Å². The Morgan fingerprint density at radius 2 is 1.67 bits per heavy atom. The van der Waals surface area contributed by atoms with Gasteiger partial charge in [0.1, 0.15) is 6.04 Å². The molecule has 0 radical (unpaired) electrons. The van der Waals surface area contributed by atoms with Gasteiger partial charge in [0.2, 0.25) is 0 Å². The third kappa shape index (κ3) is 3.47. The summed E-state index contributed by atoms with van der Waals surface area (Å²) >= 11 is 0. The van der Waals surface area contributed by atoms with Crippen molar-refractivity contribution in [1.29, 1.82) is 0 Å². The van der Waals surface area contributed by atoms with Gasteiger partial charge in [-0.2, -0.15) is 0 Å². The SMILES string of the molecule is CC(C)(C)N1CCN(C(=O)N2C[C@@H](O)C[C@H]2C(=O)O)CC1. The average Bonchev–Trinajstić information content (AvgIpc) is 2.79. The van der Waals surface area contributed by atoms with E-state index in [1.54, 1.807) is 4.90 Å². The van der Waals surface area contributed by atoms with Gasteiger partial charge >= 0.3 is 12.0 Å². The maximum Gasteiger partial charge on any atom is 0.326 e. The fourth-order valence-electron chi connectivity index (χ4n) is 3.01. The number of urea groups is 1. The van der Waals surface area contributed by atoms with Crippen LogP contribution in [0.4, 0.5) is 4.79 Å². The van der Waals surface area contributed by atoms with Crippen LogP contribution in [0.3, 0.4) is 0 Å². The van der Waals surface area contributed by atoms with Gasteiger partial charge in [0.05, 0.1) is 6.10 Å². The Morgan fingerprint density at radius 1 is 1.10 bits per heavy atom. The largest absolute Gasteiger partial charge is 0.480 e.